The topological polar surface area (TPSA) is 38.0 Å². The molecule has 0 spiro atoms. The summed E-state index contributed by atoms with van der Waals surface area (Å²) in [6.07, 6.45) is 5.32. The highest BCUT2D eigenvalue weighted by Gasteiger charge is 2.04. The fraction of sp³-hybridized carbons (Fsp3) is 0.750. The molecule has 0 unspecified atom stereocenters. The summed E-state index contributed by atoms with van der Waals surface area (Å²) in [4.78, 5) is 0. The summed E-state index contributed by atoms with van der Waals surface area (Å²) in [7, 11) is 0. The lowest BCUT2D eigenvalue weighted by molar-refractivity contribution is 0.475. The quantitative estimate of drug-likeness (QED) is 0.354. The van der Waals surface area contributed by atoms with E-state index >= 15 is 0 Å². The Morgan fingerprint density at radius 2 is 2.10 bits per heavy atom. The van der Waals surface area contributed by atoms with E-state index in [9.17, 15) is 0 Å². The summed E-state index contributed by atoms with van der Waals surface area (Å²) in [6, 6.07) is 0.319. The average Bonchev–Trinajstić information content (AvgIpc) is 1.89. The lowest BCUT2D eigenvalue weighted by Crippen LogP contribution is -2.37. The highest BCUT2D eigenvalue weighted by molar-refractivity contribution is 4.92. The number of hydrazine groups is 1. The predicted octanol–water partition coefficient (Wildman–Crippen LogP) is 1.44. The van der Waals surface area contributed by atoms with Gasteiger partial charge in [0.15, 0.2) is 0 Å². The van der Waals surface area contributed by atoms with Gasteiger partial charge in [0, 0.05) is 6.04 Å². The minimum absolute atomic E-state index is 0.319. The summed E-state index contributed by atoms with van der Waals surface area (Å²) in [6.45, 7) is 6.40. The molecule has 0 saturated heterocycles. The number of hydrogen-bond acceptors (Lipinski definition) is 2. The fourth-order valence-corrected chi connectivity index (χ4v) is 0.753. The van der Waals surface area contributed by atoms with Crippen LogP contribution in [-0.2, 0) is 0 Å². The van der Waals surface area contributed by atoms with E-state index in [-0.39, 0.29) is 0 Å². The van der Waals surface area contributed by atoms with Crippen LogP contribution in [0.1, 0.15) is 27.2 Å². The van der Waals surface area contributed by atoms with E-state index < -0.39 is 0 Å². The maximum absolute atomic E-state index is 5.31. The molecule has 2 nitrogen and oxygen atoms in total. The van der Waals surface area contributed by atoms with Gasteiger partial charge in [-0.15, -0.1) is 0 Å². The Kier molecular flexibility index (Phi) is 5.26. The molecule has 0 aromatic carbocycles. The molecule has 0 aliphatic rings. The molecule has 0 rings (SSSR count). The maximum atomic E-state index is 5.31. The molecule has 0 aliphatic carbocycles. The Balaban J connectivity index is 3.71. The highest BCUT2D eigenvalue weighted by atomic mass is 15.2. The van der Waals surface area contributed by atoms with Crippen molar-refractivity contribution in [1.82, 2.24) is 5.43 Å². The first kappa shape index (κ1) is 9.66. The van der Waals surface area contributed by atoms with Gasteiger partial charge < -0.3 is 0 Å². The van der Waals surface area contributed by atoms with Gasteiger partial charge >= 0.3 is 0 Å². The summed E-state index contributed by atoms with van der Waals surface area (Å²) < 4.78 is 0. The molecular weight excluding hydrogens is 124 g/mol. The molecule has 0 saturated carbocycles. The Morgan fingerprint density at radius 1 is 1.50 bits per heavy atom. The first-order valence-corrected chi connectivity index (χ1v) is 3.85. The van der Waals surface area contributed by atoms with Crippen molar-refractivity contribution in [3.63, 3.8) is 0 Å². The van der Waals surface area contributed by atoms with Crippen molar-refractivity contribution in [3.05, 3.63) is 12.2 Å². The summed E-state index contributed by atoms with van der Waals surface area (Å²) in [5.41, 5.74) is 2.75. The number of allylic oxidation sites excluding steroid dienone is 1. The molecule has 0 bridgehead atoms. The van der Waals surface area contributed by atoms with Gasteiger partial charge in [0.2, 0.25) is 0 Å². The van der Waals surface area contributed by atoms with E-state index in [2.05, 4.69) is 38.3 Å². The lowest BCUT2D eigenvalue weighted by atomic mass is 10.0. The fourth-order valence-electron chi connectivity index (χ4n) is 0.753. The Hall–Kier alpha value is -0.340. The van der Waals surface area contributed by atoms with Crippen LogP contribution in [0.15, 0.2) is 12.2 Å². The van der Waals surface area contributed by atoms with Crippen molar-refractivity contribution < 1.29 is 0 Å². The second-order valence-electron chi connectivity index (χ2n) is 2.77. The number of hydrogen-bond donors (Lipinski definition) is 2. The third kappa shape index (κ3) is 3.64. The van der Waals surface area contributed by atoms with E-state index in [0.717, 1.165) is 6.42 Å². The summed E-state index contributed by atoms with van der Waals surface area (Å²) in [5.74, 6) is 5.88. The predicted molar refractivity (Wildman–Crippen MR) is 45.4 cm³/mol. The minimum atomic E-state index is 0.319. The SMILES string of the molecule is CC/C=C\[C@@H](NN)C(C)C. The molecule has 0 heterocycles. The van der Waals surface area contributed by atoms with Crippen molar-refractivity contribution in [2.75, 3.05) is 0 Å². The van der Waals surface area contributed by atoms with Crippen molar-refractivity contribution in [3.8, 4) is 0 Å². The monoisotopic (exact) mass is 142 g/mol. The van der Waals surface area contributed by atoms with Gasteiger partial charge in [0.05, 0.1) is 0 Å². The molecule has 60 valence electrons. The van der Waals surface area contributed by atoms with Crippen LogP contribution in [0.5, 0.6) is 0 Å². The van der Waals surface area contributed by atoms with Crippen LogP contribution in [0.3, 0.4) is 0 Å². The maximum Gasteiger partial charge on any atom is 0.0413 e. The zero-order chi connectivity index (χ0) is 7.98. The van der Waals surface area contributed by atoms with Crippen molar-refractivity contribution in [2.45, 2.75) is 33.2 Å². The van der Waals surface area contributed by atoms with Crippen molar-refractivity contribution in [2.24, 2.45) is 11.8 Å². The summed E-state index contributed by atoms with van der Waals surface area (Å²) in [5, 5.41) is 0. The third-order valence-corrected chi connectivity index (χ3v) is 1.49. The van der Waals surface area contributed by atoms with Crippen LogP contribution in [0, 0.1) is 5.92 Å². The molecule has 3 N–H and O–H groups in total. The van der Waals surface area contributed by atoms with Crippen LogP contribution >= 0.6 is 0 Å². The highest BCUT2D eigenvalue weighted by Crippen LogP contribution is 2.01. The van der Waals surface area contributed by atoms with Gasteiger partial charge in [-0.1, -0.05) is 32.9 Å². The van der Waals surface area contributed by atoms with E-state index in [1.54, 1.807) is 0 Å². The van der Waals surface area contributed by atoms with Crippen molar-refractivity contribution in [1.29, 1.82) is 0 Å². The minimum Gasteiger partial charge on any atom is -0.271 e. The second kappa shape index (κ2) is 5.45. The van der Waals surface area contributed by atoms with Crippen LogP contribution in [-0.4, -0.2) is 6.04 Å². The van der Waals surface area contributed by atoms with E-state index in [1.807, 2.05) is 0 Å². The zero-order valence-electron chi connectivity index (χ0n) is 7.09. The Bertz CT molecular complexity index is 97.4. The Labute approximate surface area is 63.5 Å². The van der Waals surface area contributed by atoms with Crippen LogP contribution in [0.2, 0.25) is 0 Å². The largest absolute Gasteiger partial charge is 0.271 e. The normalized spacial score (nSPS) is 14.9. The van der Waals surface area contributed by atoms with Gasteiger partial charge in [-0.2, -0.15) is 0 Å². The van der Waals surface area contributed by atoms with E-state index in [4.69, 9.17) is 5.84 Å². The van der Waals surface area contributed by atoms with Gasteiger partial charge in [0.25, 0.3) is 0 Å². The molecule has 0 fully saturated rings. The Morgan fingerprint density at radius 3 is 2.40 bits per heavy atom. The molecule has 1 atom stereocenters. The smallest absolute Gasteiger partial charge is 0.0413 e. The molecule has 10 heavy (non-hydrogen) atoms. The summed E-state index contributed by atoms with van der Waals surface area (Å²) >= 11 is 0. The van der Waals surface area contributed by atoms with Crippen LogP contribution < -0.4 is 11.3 Å². The number of nitrogens with two attached hydrogens (primary N) is 1. The van der Waals surface area contributed by atoms with Gasteiger partial charge in [-0.25, -0.2) is 0 Å². The van der Waals surface area contributed by atoms with Gasteiger partial charge in [0.1, 0.15) is 0 Å². The molecule has 0 aromatic rings. The first-order chi connectivity index (χ1) is 4.72. The number of nitrogens with one attached hydrogen (secondary N) is 1. The second-order valence-corrected chi connectivity index (χ2v) is 2.77. The molecular formula is C8H18N2. The van der Waals surface area contributed by atoms with Crippen LogP contribution in [0.4, 0.5) is 0 Å². The molecule has 2 heteroatoms. The van der Waals surface area contributed by atoms with Crippen LogP contribution in [0.25, 0.3) is 0 Å². The third-order valence-electron chi connectivity index (χ3n) is 1.49. The van der Waals surface area contributed by atoms with Crippen molar-refractivity contribution >= 4 is 0 Å². The molecule has 0 amide bonds. The number of rotatable bonds is 4. The average molecular weight is 142 g/mol. The van der Waals surface area contributed by atoms with Gasteiger partial charge in [-0.3, -0.25) is 11.3 Å². The molecule has 0 aromatic heterocycles. The zero-order valence-corrected chi connectivity index (χ0v) is 7.09. The molecule has 0 radical (unpaired) electrons. The van der Waals surface area contributed by atoms with E-state index in [1.165, 1.54) is 0 Å². The lowest BCUT2D eigenvalue weighted by Gasteiger charge is -2.14. The van der Waals surface area contributed by atoms with E-state index in [0.29, 0.717) is 12.0 Å². The molecule has 0 aliphatic heterocycles. The first-order valence-electron chi connectivity index (χ1n) is 3.85. The standard InChI is InChI=1S/C8H18N2/c1-4-5-6-8(10-9)7(2)3/h5-8,10H,4,9H2,1-3H3/b6-5-/t8-/m1/s1. The van der Waals surface area contributed by atoms with Gasteiger partial charge in [-0.05, 0) is 12.3 Å².